The van der Waals surface area contributed by atoms with Crippen molar-refractivity contribution in [2.24, 2.45) is 0 Å². The van der Waals surface area contributed by atoms with Gasteiger partial charge in [-0.25, -0.2) is 12.8 Å². The van der Waals surface area contributed by atoms with Gasteiger partial charge >= 0.3 is 0 Å². The third-order valence-electron chi connectivity index (χ3n) is 3.44. The van der Waals surface area contributed by atoms with Gasteiger partial charge in [0, 0.05) is 14.1 Å². The van der Waals surface area contributed by atoms with Crippen molar-refractivity contribution in [1.29, 1.82) is 0 Å². The topological polar surface area (TPSA) is 66.5 Å². The number of sulfonamides is 1. The van der Waals surface area contributed by atoms with Gasteiger partial charge < -0.3 is 5.32 Å². The first-order valence-electron chi connectivity index (χ1n) is 6.98. The molecule has 0 saturated carbocycles. The average Bonchev–Trinajstić information content (AvgIpc) is 2.57. The fourth-order valence-corrected chi connectivity index (χ4v) is 3.35. The van der Waals surface area contributed by atoms with Crippen LogP contribution in [0.1, 0.15) is 0 Å². The number of nitrogens with zero attached hydrogens (tertiary/aromatic N) is 1. The van der Waals surface area contributed by atoms with Crippen LogP contribution in [0.25, 0.3) is 11.1 Å². The molecule has 0 heterocycles. The van der Waals surface area contributed by atoms with Gasteiger partial charge in [-0.2, -0.15) is 4.31 Å². The predicted octanol–water partition coefficient (Wildman–Crippen LogP) is 2.51. The lowest BCUT2D eigenvalue weighted by Gasteiger charge is -2.16. The van der Waals surface area contributed by atoms with Gasteiger partial charge in [0.05, 0.1) is 16.5 Å². The number of rotatable bonds is 5. The molecule has 2 rings (SSSR count). The van der Waals surface area contributed by atoms with Crippen molar-refractivity contribution in [2.75, 3.05) is 20.6 Å². The van der Waals surface area contributed by atoms with Crippen LogP contribution in [0.2, 0.25) is 5.02 Å². The molecular weight excluding hydrogens is 355 g/mol. The molecule has 2 aromatic rings. The van der Waals surface area contributed by atoms with Crippen LogP contribution >= 0.6 is 11.6 Å². The van der Waals surface area contributed by atoms with Gasteiger partial charge in [0.25, 0.3) is 0 Å². The monoisotopic (exact) mass is 370 g/mol. The summed E-state index contributed by atoms with van der Waals surface area (Å²) in [6, 6.07) is 10.3. The zero-order chi connectivity index (χ0) is 17.9. The molecular formula is C16H16ClFN2O3S. The first-order chi connectivity index (χ1) is 11.3. The van der Waals surface area contributed by atoms with Crippen molar-refractivity contribution in [3.8, 4) is 11.1 Å². The molecule has 0 aliphatic rings. The fourth-order valence-electron chi connectivity index (χ4n) is 2.06. The molecule has 0 aliphatic heterocycles. The molecule has 0 spiro atoms. The van der Waals surface area contributed by atoms with E-state index in [1.54, 1.807) is 18.2 Å². The van der Waals surface area contributed by atoms with E-state index in [1.807, 2.05) is 0 Å². The smallest absolute Gasteiger partial charge is 0.243 e. The van der Waals surface area contributed by atoms with Gasteiger partial charge in [0.1, 0.15) is 5.82 Å². The lowest BCUT2D eigenvalue weighted by atomic mass is 10.1. The number of likely N-dealkylation sites (N-methyl/N-ethyl adjacent to an activating group) is 2. The van der Waals surface area contributed by atoms with E-state index in [9.17, 15) is 17.6 Å². The Morgan fingerprint density at radius 3 is 2.50 bits per heavy atom. The molecule has 1 N–H and O–H groups in total. The minimum Gasteiger partial charge on any atom is -0.358 e. The van der Waals surface area contributed by atoms with Gasteiger partial charge in [-0.05, 0) is 35.4 Å². The first-order valence-corrected chi connectivity index (χ1v) is 8.80. The molecule has 0 bridgehead atoms. The van der Waals surface area contributed by atoms with E-state index in [0.717, 1.165) is 4.31 Å². The molecule has 0 aliphatic carbocycles. The summed E-state index contributed by atoms with van der Waals surface area (Å²) in [7, 11) is -1.09. The molecule has 128 valence electrons. The largest absolute Gasteiger partial charge is 0.358 e. The van der Waals surface area contributed by atoms with Gasteiger partial charge in [-0.3, -0.25) is 4.79 Å². The third-order valence-corrected chi connectivity index (χ3v) is 5.55. The summed E-state index contributed by atoms with van der Waals surface area (Å²) in [5, 5.41) is 2.36. The number of benzene rings is 2. The Morgan fingerprint density at radius 1 is 1.21 bits per heavy atom. The van der Waals surface area contributed by atoms with E-state index in [1.165, 1.54) is 38.4 Å². The minimum absolute atomic E-state index is 0.00663. The summed E-state index contributed by atoms with van der Waals surface area (Å²) in [6.07, 6.45) is 0. The molecule has 8 heteroatoms. The molecule has 0 aromatic heterocycles. The van der Waals surface area contributed by atoms with Crippen molar-refractivity contribution in [3.05, 3.63) is 53.3 Å². The van der Waals surface area contributed by atoms with Crippen molar-refractivity contribution in [2.45, 2.75) is 4.90 Å². The van der Waals surface area contributed by atoms with E-state index in [-0.39, 0.29) is 16.5 Å². The lowest BCUT2D eigenvalue weighted by molar-refractivity contribution is -0.120. The van der Waals surface area contributed by atoms with Crippen molar-refractivity contribution < 1.29 is 17.6 Å². The minimum atomic E-state index is -3.84. The molecule has 2 aromatic carbocycles. The van der Waals surface area contributed by atoms with Crippen LogP contribution < -0.4 is 5.32 Å². The van der Waals surface area contributed by atoms with Crippen LogP contribution in [0.3, 0.4) is 0 Å². The molecule has 0 radical (unpaired) electrons. The number of hydrogen-bond acceptors (Lipinski definition) is 3. The van der Waals surface area contributed by atoms with Crippen molar-refractivity contribution >= 4 is 27.5 Å². The maximum Gasteiger partial charge on any atom is 0.243 e. The van der Waals surface area contributed by atoms with Crippen LogP contribution in [-0.4, -0.2) is 39.3 Å². The number of carbonyl (C=O) groups excluding carboxylic acids is 1. The number of nitrogens with one attached hydrogen (secondary N) is 1. The second-order valence-electron chi connectivity index (χ2n) is 5.09. The highest BCUT2D eigenvalue weighted by atomic mass is 35.5. The predicted molar refractivity (Wildman–Crippen MR) is 90.7 cm³/mol. The summed E-state index contributed by atoms with van der Waals surface area (Å²) < 4.78 is 39.6. The second kappa shape index (κ2) is 7.29. The van der Waals surface area contributed by atoms with E-state index < -0.39 is 21.7 Å². The van der Waals surface area contributed by atoms with Crippen LogP contribution in [-0.2, 0) is 14.8 Å². The van der Waals surface area contributed by atoms with Crippen LogP contribution in [0.5, 0.6) is 0 Å². The maximum atomic E-state index is 13.6. The number of carbonyl (C=O) groups is 1. The third kappa shape index (κ3) is 3.92. The van der Waals surface area contributed by atoms with E-state index >= 15 is 0 Å². The number of halogens is 2. The molecule has 1 amide bonds. The highest BCUT2D eigenvalue weighted by molar-refractivity contribution is 7.89. The van der Waals surface area contributed by atoms with Crippen LogP contribution in [0.15, 0.2) is 47.4 Å². The zero-order valence-corrected chi connectivity index (χ0v) is 14.7. The summed E-state index contributed by atoms with van der Waals surface area (Å²) in [5.41, 5.74) is 1.03. The lowest BCUT2D eigenvalue weighted by Crippen LogP contribution is -2.36. The Bertz CT molecular complexity index is 871. The van der Waals surface area contributed by atoms with E-state index in [4.69, 9.17) is 11.6 Å². The zero-order valence-electron chi connectivity index (χ0n) is 13.1. The Hall–Kier alpha value is -1.96. The number of amides is 1. The number of hydrogen-bond donors (Lipinski definition) is 1. The molecule has 24 heavy (non-hydrogen) atoms. The molecule has 5 nitrogen and oxygen atoms in total. The van der Waals surface area contributed by atoms with E-state index in [2.05, 4.69) is 5.32 Å². The second-order valence-corrected chi connectivity index (χ2v) is 7.54. The summed E-state index contributed by atoms with van der Waals surface area (Å²) in [5.74, 6) is -1.00. The van der Waals surface area contributed by atoms with Gasteiger partial charge in [0.2, 0.25) is 15.9 Å². The Labute approximate surface area is 145 Å². The van der Waals surface area contributed by atoms with Gasteiger partial charge in [-0.15, -0.1) is 0 Å². The molecule has 0 atom stereocenters. The maximum absolute atomic E-state index is 13.6. The molecule has 0 saturated heterocycles. The average molecular weight is 371 g/mol. The Morgan fingerprint density at radius 2 is 1.88 bits per heavy atom. The van der Waals surface area contributed by atoms with Crippen molar-refractivity contribution in [3.63, 3.8) is 0 Å². The van der Waals surface area contributed by atoms with Gasteiger partial charge in [-0.1, -0.05) is 29.8 Å². The normalized spacial score (nSPS) is 11.5. The van der Waals surface area contributed by atoms with Crippen molar-refractivity contribution in [1.82, 2.24) is 9.62 Å². The Kier molecular flexibility index (Phi) is 5.58. The van der Waals surface area contributed by atoms with E-state index in [0.29, 0.717) is 11.1 Å². The SMILES string of the molecule is CNC(=O)CN(C)S(=O)(=O)c1cccc(-c2ccc(Cl)c(F)c2)c1. The summed E-state index contributed by atoms with van der Waals surface area (Å²) >= 11 is 5.66. The molecule has 0 fully saturated rings. The van der Waals surface area contributed by atoms with Gasteiger partial charge in [0.15, 0.2) is 0 Å². The first kappa shape index (κ1) is 18.4. The highest BCUT2D eigenvalue weighted by Gasteiger charge is 2.23. The van der Waals surface area contributed by atoms with Crippen LogP contribution in [0, 0.1) is 5.82 Å². The molecule has 0 unspecified atom stereocenters. The fraction of sp³-hybridized carbons (Fsp3) is 0.188. The summed E-state index contributed by atoms with van der Waals surface area (Å²) in [6.45, 7) is -0.293. The standard InChI is InChI=1S/C16H16ClFN2O3S/c1-19-16(21)10-20(2)24(22,23)13-5-3-4-11(8-13)12-6-7-14(17)15(18)9-12/h3-9H,10H2,1-2H3,(H,19,21). The highest BCUT2D eigenvalue weighted by Crippen LogP contribution is 2.26. The summed E-state index contributed by atoms with van der Waals surface area (Å²) in [4.78, 5) is 11.4. The Balaban J connectivity index is 2.39. The van der Waals surface area contributed by atoms with Crippen LogP contribution in [0.4, 0.5) is 4.39 Å². The quantitative estimate of drug-likeness (QED) is 0.879.